The molecule has 0 aliphatic heterocycles. The quantitative estimate of drug-likeness (QED) is 0.550. The Morgan fingerprint density at radius 3 is 2.04 bits per heavy atom. The van der Waals surface area contributed by atoms with Crippen molar-refractivity contribution < 1.29 is 19.4 Å². The van der Waals surface area contributed by atoms with Gasteiger partial charge in [-0.3, -0.25) is 4.79 Å². The van der Waals surface area contributed by atoms with E-state index in [2.05, 4.69) is 0 Å². The van der Waals surface area contributed by atoms with E-state index in [4.69, 9.17) is 14.6 Å². The molecule has 0 aliphatic carbocycles. The number of hydrogen-bond acceptors (Lipinski definition) is 3. The molecule has 4 heteroatoms. The Morgan fingerprint density at radius 2 is 1.43 bits per heavy atom. The second kappa shape index (κ2) is 9.97. The molecule has 1 N–H and O–H groups in total. The molecular weight excluding hydrogens is 352 g/mol. The van der Waals surface area contributed by atoms with Crippen LogP contribution in [-0.2, 0) is 18.0 Å². The number of carbonyl (C=O) groups is 1. The average Bonchev–Trinajstić information content (AvgIpc) is 2.73. The van der Waals surface area contributed by atoms with Crippen LogP contribution in [0, 0.1) is 0 Å². The molecule has 142 valence electrons. The third-order valence-corrected chi connectivity index (χ3v) is 4.06. The molecule has 3 rings (SSSR count). The first-order chi connectivity index (χ1) is 13.7. The SMILES string of the molecule is O=C(O)C/C=C/c1ccc(OCc2ccccc2)cc1OCc1ccccc1. The van der Waals surface area contributed by atoms with Crippen LogP contribution >= 0.6 is 0 Å². The van der Waals surface area contributed by atoms with E-state index in [9.17, 15) is 4.79 Å². The van der Waals surface area contributed by atoms with E-state index in [1.54, 1.807) is 12.2 Å². The Hall–Kier alpha value is -3.53. The zero-order valence-corrected chi connectivity index (χ0v) is 15.5. The predicted octanol–water partition coefficient (Wildman–Crippen LogP) is 5.33. The highest BCUT2D eigenvalue weighted by Crippen LogP contribution is 2.28. The van der Waals surface area contributed by atoms with Crippen LogP contribution in [0.2, 0.25) is 0 Å². The summed E-state index contributed by atoms with van der Waals surface area (Å²) in [5, 5.41) is 8.83. The monoisotopic (exact) mass is 374 g/mol. The zero-order chi connectivity index (χ0) is 19.6. The van der Waals surface area contributed by atoms with Crippen molar-refractivity contribution in [2.75, 3.05) is 0 Å². The number of hydrogen-bond donors (Lipinski definition) is 1. The Labute approximate surface area is 164 Å². The number of benzene rings is 3. The van der Waals surface area contributed by atoms with Crippen molar-refractivity contribution in [3.8, 4) is 11.5 Å². The highest BCUT2D eigenvalue weighted by atomic mass is 16.5. The molecule has 0 heterocycles. The minimum absolute atomic E-state index is 0.0373. The zero-order valence-electron chi connectivity index (χ0n) is 15.5. The predicted molar refractivity (Wildman–Crippen MR) is 109 cm³/mol. The highest BCUT2D eigenvalue weighted by molar-refractivity contribution is 5.71. The van der Waals surface area contributed by atoms with E-state index in [0.717, 1.165) is 16.7 Å². The molecule has 0 aliphatic rings. The van der Waals surface area contributed by atoms with Gasteiger partial charge in [-0.25, -0.2) is 0 Å². The fourth-order valence-corrected chi connectivity index (χ4v) is 2.63. The Morgan fingerprint density at radius 1 is 0.821 bits per heavy atom. The first-order valence-electron chi connectivity index (χ1n) is 9.06. The van der Waals surface area contributed by atoms with Gasteiger partial charge < -0.3 is 14.6 Å². The lowest BCUT2D eigenvalue weighted by molar-refractivity contribution is -0.135. The topological polar surface area (TPSA) is 55.8 Å². The molecule has 0 spiro atoms. The molecule has 28 heavy (non-hydrogen) atoms. The lowest BCUT2D eigenvalue weighted by atomic mass is 10.1. The molecule has 0 atom stereocenters. The van der Waals surface area contributed by atoms with Gasteiger partial charge in [-0.2, -0.15) is 0 Å². The lowest BCUT2D eigenvalue weighted by Gasteiger charge is -2.13. The molecule has 3 aromatic rings. The summed E-state index contributed by atoms with van der Waals surface area (Å²) in [6.45, 7) is 0.885. The van der Waals surface area contributed by atoms with Crippen LogP contribution in [0.4, 0.5) is 0 Å². The van der Waals surface area contributed by atoms with Gasteiger partial charge in [0.1, 0.15) is 24.7 Å². The van der Waals surface area contributed by atoms with Gasteiger partial charge in [-0.15, -0.1) is 0 Å². The highest BCUT2D eigenvalue weighted by Gasteiger charge is 2.06. The summed E-state index contributed by atoms with van der Waals surface area (Å²) in [5.74, 6) is 0.476. The fraction of sp³-hybridized carbons (Fsp3) is 0.125. The third-order valence-electron chi connectivity index (χ3n) is 4.06. The van der Waals surface area contributed by atoms with Crippen molar-refractivity contribution in [2.24, 2.45) is 0 Å². The fourth-order valence-electron chi connectivity index (χ4n) is 2.63. The Kier molecular flexibility index (Phi) is 6.85. The van der Waals surface area contributed by atoms with Gasteiger partial charge in [0.2, 0.25) is 0 Å². The van der Waals surface area contributed by atoms with Crippen LogP contribution in [0.5, 0.6) is 11.5 Å². The molecular formula is C24H22O4. The van der Waals surface area contributed by atoms with Crippen molar-refractivity contribution in [2.45, 2.75) is 19.6 Å². The van der Waals surface area contributed by atoms with E-state index >= 15 is 0 Å². The minimum atomic E-state index is -0.870. The number of rotatable bonds is 9. The van der Waals surface area contributed by atoms with E-state index in [1.807, 2.05) is 78.9 Å². The van der Waals surface area contributed by atoms with Gasteiger partial charge in [0.25, 0.3) is 0 Å². The minimum Gasteiger partial charge on any atom is -0.489 e. The lowest BCUT2D eigenvalue weighted by Crippen LogP contribution is -1.99. The van der Waals surface area contributed by atoms with Gasteiger partial charge >= 0.3 is 5.97 Å². The van der Waals surface area contributed by atoms with Crippen LogP contribution in [0.3, 0.4) is 0 Å². The maximum Gasteiger partial charge on any atom is 0.307 e. The van der Waals surface area contributed by atoms with Crippen LogP contribution < -0.4 is 9.47 Å². The first-order valence-corrected chi connectivity index (χ1v) is 9.06. The van der Waals surface area contributed by atoms with Crippen molar-refractivity contribution in [3.05, 3.63) is 102 Å². The summed E-state index contributed by atoms with van der Waals surface area (Å²) in [5.41, 5.74) is 2.95. The molecule has 0 unspecified atom stereocenters. The molecule has 0 amide bonds. The standard InChI is InChI=1S/C24H22O4/c25-24(26)13-7-12-21-14-15-22(27-17-19-8-3-1-4-9-19)16-23(21)28-18-20-10-5-2-6-11-20/h1-12,14-16H,13,17-18H2,(H,25,26)/b12-7+. The summed E-state index contributed by atoms with van der Waals surface area (Å²) in [6, 6.07) is 25.4. The number of carboxylic acids is 1. The smallest absolute Gasteiger partial charge is 0.307 e. The van der Waals surface area contributed by atoms with Gasteiger partial charge in [-0.05, 0) is 23.3 Å². The van der Waals surface area contributed by atoms with E-state index < -0.39 is 5.97 Å². The molecule has 4 nitrogen and oxygen atoms in total. The third kappa shape index (κ3) is 6.02. The van der Waals surface area contributed by atoms with Crippen molar-refractivity contribution in [1.82, 2.24) is 0 Å². The van der Waals surface area contributed by atoms with Crippen molar-refractivity contribution >= 4 is 12.0 Å². The molecule has 0 saturated carbocycles. The van der Waals surface area contributed by atoms with Crippen LogP contribution in [-0.4, -0.2) is 11.1 Å². The van der Waals surface area contributed by atoms with Gasteiger partial charge in [0.05, 0.1) is 6.42 Å². The van der Waals surface area contributed by atoms with E-state index in [1.165, 1.54) is 0 Å². The number of aliphatic carboxylic acids is 1. The van der Waals surface area contributed by atoms with E-state index in [0.29, 0.717) is 24.7 Å². The van der Waals surface area contributed by atoms with Gasteiger partial charge in [-0.1, -0.05) is 72.8 Å². The van der Waals surface area contributed by atoms with Crippen LogP contribution in [0.25, 0.3) is 6.08 Å². The van der Waals surface area contributed by atoms with Crippen molar-refractivity contribution in [3.63, 3.8) is 0 Å². The summed E-state index contributed by atoms with van der Waals surface area (Å²) >= 11 is 0. The maximum atomic E-state index is 10.8. The van der Waals surface area contributed by atoms with Gasteiger partial charge in [0, 0.05) is 11.6 Å². The molecule has 0 saturated heterocycles. The van der Waals surface area contributed by atoms with E-state index in [-0.39, 0.29) is 6.42 Å². The normalized spacial score (nSPS) is 10.7. The molecule has 0 bridgehead atoms. The molecule has 0 radical (unpaired) electrons. The summed E-state index contributed by atoms with van der Waals surface area (Å²) < 4.78 is 11.9. The maximum absolute atomic E-state index is 10.8. The second-order valence-corrected chi connectivity index (χ2v) is 6.25. The Bertz CT molecular complexity index is 918. The van der Waals surface area contributed by atoms with Gasteiger partial charge in [0.15, 0.2) is 0 Å². The first kappa shape index (κ1) is 19.2. The summed E-state index contributed by atoms with van der Waals surface area (Å²) in [7, 11) is 0. The number of ether oxygens (including phenoxy) is 2. The van der Waals surface area contributed by atoms with Crippen LogP contribution in [0.15, 0.2) is 84.9 Å². The largest absolute Gasteiger partial charge is 0.489 e. The molecule has 0 aromatic heterocycles. The van der Waals surface area contributed by atoms with Crippen molar-refractivity contribution in [1.29, 1.82) is 0 Å². The molecule has 0 fully saturated rings. The number of carboxylic acid groups (broad SMARTS) is 1. The summed E-state index contributed by atoms with van der Waals surface area (Å²) in [6.07, 6.45) is 3.33. The Balaban J connectivity index is 1.74. The summed E-state index contributed by atoms with van der Waals surface area (Å²) in [4.78, 5) is 10.8. The molecule has 3 aromatic carbocycles. The van der Waals surface area contributed by atoms with Crippen LogP contribution in [0.1, 0.15) is 23.1 Å². The second-order valence-electron chi connectivity index (χ2n) is 6.25. The average molecular weight is 374 g/mol.